The van der Waals surface area contributed by atoms with Crippen LogP contribution in [0.5, 0.6) is 0 Å². The highest BCUT2D eigenvalue weighted by molar-refractivity contribution is 6.64. The SMILES string of the molecule is Cc1ccc(Cl)cc1N1C[C@@H](C(=O)Cl)CC1=O. The molecule has 1 saturated heterocycles. The Hall–Kier alpha value is -1.06. The first-order valence-corrected chi connectivity index (χ1v) is 6.00. The monoisotopic (exact) mass is 271 g/mol. The van der Waals surface area contributed by atoms with Crippen LogP contribution in [0.2, 0.25) is 5.02 Å². The average molecular weight is 272 g/mol. The summed E-state index contributed by atoms with van der Waals surface area (Å²) in [7, 11) is 0. The lowest BCUT2D eigenvalue weighted by Gasteiger charge is -2.18. The molecular weight excluding hydrogens is 261 g/mol. The maximum atomic E-state index is 11.8. The first kappa shape index (κ1) is 12.4. The van der Waals surface area contributed by atoms with Crippen molar-refractivity contribution in [1.82, 2.24) is 0 Å². The van der Waals surface area contributed by atoms with Crippen LogP contribution in [0.1, 0.15) is 12.0 Å². The predicted octanol–water partition coefficient (Wildman–Crippen LogP) is 2.77. The number of carbonyl (C=O) groups excluding carboxylic acids is 2. The molecule has 5 heteroatoms. The summed E-state index contributed by atoms with van der Waals surface area (Å²) in [6.07, 6.45) is 0.175. The summed E-state index contributed by atoms with van der Waals surface area (Å²) < 4.78 is 0. The van der Waals surface area contributed by atoms with E-state index in [-0.39, 0.29) is 12.3 Å². The van der Waals surface area contributed by atoms with E-state index in [1.54, 1.807) is 17.0 Å². The Balaban J connectivity index is 2.32. The number of anilines is 1. The van der Waals surface area contributed by atoms with Gasteiger partial charge in [0.2, 0.25) is 11.1 Å². The molecule has 1 aliphatic heterocycles. The molecule has 1 amide bonds. The van der Waals surface area contributed by atoms with E-state index in [9.17, 15) is 9.59 Å². The van der Waals surface area contributed by atoms with E-state index in [1.165, 1.54) is 0 Å². The fraction of sp³-hybridized carbons (Fsp3) is 0.333. The standard InChI is InChI=1S/C12H11Cl2NO2/c1-7-2-3-9(13)5-10(7)15-6-8(12(14)17)4-11(15)16/h2-3,5,8H,4,6H2,1H3/t8-/m0/s1. The van der Waals surface area contributed by atoms with E-state index in [1.807, 2.05) is 13.0 Å². The van der Waals surface area contributed by atoms with E-state index in [0.29, 0.717) is 11.6 Å². The summed E-state index contributed by atoms with van der Waals surface area (Å²) in [4.78, 5) is 24.5. The third kappa shape index (κ3) is 2.45. The Morgan fingerprint density at radius 3 is 2.76 bits per heavy atom. The van der Waals surface area contributed by atoms with Crippen molar-refractivity contribution in [2.75, 3.05) is 11.4 Å². The molecule has 1 heterocycles. The number of benzene rings is 1. The van der Waals surface area contributed by atoms with Gasteiger partial charge in [0.25, 0.3) is 0 Å². The number of aryl methyl sites for hydroxylation is 1. The number of hydrogen-bond donors (Lipinski definition) is 0. The second-order valence-corrected chi connectivity index (χ2v) is 4.95. The third-order valence-corrected chi connectivity index (χ3v) is 3.45. The molecule has 0 aliphatic carbocycles. The molecule has 0 unspecified atom stereocenters. The van der Waals surface area contributed by atoms with Crippen LogP contribution >= 0.6 is 23.2 Å². The summed E-state index contributed by atoms with van der Waals surface area (Å²) in [6.45, 7) is 2.23. The lowest BCUT2D eigenvalue weighted by atomic mass is 10.1. The molecule has 1 atom stereocenters. The molecule has 1 aromatic rings. The van der Waals surface area contributed by atoms with Gasteiger partial charge in [-0.1, -0.05) is 17.7 Å². The number of amides is 1. The van der Waals surface area contributed by atoms with E-state index in [2.05, 4.69) is 0 Å². The molecule has 0 N–H and O–H groups in total. The van der Waals surface area contributed by atoms with Crippen molar-refractivity contribution in [1.29, 1.82) is 0 Å². The van der Waals surface area contributed by atoms with Gasteiger partial charge in [-0.05, 0) is 36.2 Å². The zero-order valence-electron chi connectivity index (χ0n) is 9.24. The maximum Gasteiger partial charge on any atom is 0.227 e. The van der Waals surface area contributed by atoms with Crippen LogP contribution in [0.4, 0.5) is 5.69 Å². The van der Waals surface area contributed by atoms with Crippen LogP contribution in [0.25, 0.3) is 0 Å². The second kappa shape index (κ2) is 4.67. The Labute approximate surface area is 109 Å². The number of nitrogens with zero attached hydrogens (tertiary/aromatic N) is 1. The Morgan fingerprint density at radius 2 is 2.18 bits per heavy atom. The largest absolute Gasteiger partial charge is 0.311 e. The third-order valence-electron chi connectivity index (χ3n) is 2.91. The Bertz CT molecular complexity index is 487. The zero-order chi connectivity index (χ0) is 12.6. The van der Waals surface area contributed by atoms with E-state index in [4.69, 9.17) is 23.2 Å². The summed E-state index contributed by atoms with van der Waals surface area (Å²) in [5.74, 6) is -0.503. The lowest BCUT2D eigenvalue weighted by Crippen LogP contribution is -2.25. The van der Waals surface area contributed by atoms with Crippen LogP contribution in [0.3, 0.4) is 0 Å². The molecule has 2 rings (SSSR count). The average Bonchev–Trinajstić information content (AvgIpc) is 2.64. The minimum Gasteiger partial charge on any atom is -0.311 e. The first-order valence-electron chi connectivity index (χ1n) is 5.25. The molecule has 17 heavy (non-hydrogen) atoms. The van der Waals surface area contributed by atoms with Crippen molar-refractivity contribution < 1.29 is 9.59 Å². The topological polar surface area (TPSA) is 37.4 Å². The number of hydrogen-bond acceptors (Lipinski definition) is 2. The smallest absolute Gasteiger partial charge is 0.227 e. The molecule has 0 bridgehead atoms. The fourth-order valence-corrected chi connectivity index (χ4v) is 2.28. The number of rotatable bonds is 2. The Morgan fingerprint density at radius 1 is 1.47 bits per heavy atom. The highest BCUT2D eigenvalue weighted by Gasteiger charge is 2.34. The molecule has 1 aliphatic rings. The van der Waals surface area contributed by atoms with Gasteiger partial charge in [-0.25, -0.2) is 0 Å². The van der Waals surface area contributed by atoms with Crippen LogP contribution in [0, 0.1) is 12.8 Å². The second-order valence-electron chi connectivity index (χ2n) is 4.14. The molecule has 0 aromatic heterocycles. The van der Waals surface area contributed by atoms with Crippen LogP contribution in [-0.4, -0.2) is 17.7 Å². The molecule has 90 valence electrons. The van der Waals surface area contributed by atoms with E-state index in [0.717, 1.165) is 11.3 Å². The van der Waals surface area contributed by atoms with Gasteiger partial charge in [0.1, 0.15) is 0 Å². The number of carbonyl (C=O) groups is 2. The van der Waals surface area contributed by atoms with Crippen molar-refractivity contribution in [2.24, 2.45) is 5.92 Å². The summed E-state index contributed by atoms with van der Waals surface area (Å²) in [5, 5.41) is 0.111. The van der Waals surface area contributed by atoms with Crippen molar-refractivity contribution in [3.8, 4) is 0 Å². The summed E-state index contributed by atoms with van der Waals surface area (Å²) in [5.41, 5.74) is 1.70. The minimum atomic E-state index is -0.458. The van der Waals surface area contributed by atoms with Gasteiger partial charge in [-0.2, -0.15) is 0 Å². The highest BCUT2D eigenvalue weighted by atomic mass is 35.5. The van der Waals surface area contributed by atoms with Gasteiger partial charge in [0, 0.05) is 23.7 Å². The molecule has 1 fully saturated rings. The predicted molar refractivity (Wildman–Crippen MR) is 67.5 cm³/mol. The maximum absolute atomic E-state index is 11.8. The summed E-state index contributed by atoms with van der Waals surface area (Å²) >= 11 is 11.3. The molecule has 0 saturated carbocycles. The number of halogens is 2. The van der Waals surface area contributed by atoms with Gasteiger partial charge in [-0.15, -0.1) is 0 Å². The van der Waals surface area contributed by atoms with Gasteiger partial charge in [0.05, 0.1) is 5.92 Å². The van der Waals surface area contributed by atoms with E-state index >= 15 is 0 Å². The minimum absolute atomic E-state index is 0.0885. The van der Waals surface area contributed by atoms with Crippen LogP contribution < -0.4 is 4.90 Å². The first-order chi connectivity index (χ1) is 7.99. The lowest BCUT2D eigenvalue weighted by molar-refractivity contribution is -0.120. The van der Waals surface area contributed by atoms with Crippen molar-refractivity contribution in [2.45, 2.75) is 13.3 Å². The molecular formula is C12H11Cl2NO2. The molecule has 1 aromatic carbocycles. The molecule has 3 nitrogen and oxygen atoms in total. The van der Waals surface area contributed by atoms with Gasteiger partial charge >= 0.3 is 0 Å². The Kier molecular flexibility index (Phi) is 3.40. The molecule has 0 radical (unpaired) electrons. The van der Waals surface area contributed by atoms with Crippen molar-refractivity contribution in [3.05, 3.63) is 28.8 Å². The molecule has 0 spiro atoms. The van der Waals surface area contributed by atoms with E-state index < -0.39 is 11.2 Å². The van der Waals surface area contributed by atoms with Crippen molar-refractivity contribution in [3.63, 3.8) is 0 Å². The van der Waals surface area contributed by atoms with Crippen molar-refractivity contribution >= 4 is 40.0 Å². The van der Waals surface area contributed by atoms with Gasteiger partial charge in [-0.3, -0.25) is 9.59 Å². The fourth-order valence-electron chi connectivity index (χ4n) is 1.97. The van der Waals surface area contributed by atoms with Gasteiger partial charge < -0.3 is 4.90 Å². The van der Waals surface area contributed by atoms with Gasteiger partial charge in [0.15, 0.2) is 0 Å². The normalized spacial score (nSPS) is 19.8. The summed E-state index contributed by atoms with van der Waals surface area (Å²) in [6, 6.07) is 5.35. The van der Waals surface area contributed by atoms with Crippen LogP contribution in [0.15, 0.2) is 18.2 Å². The zero-order valence-corrected chi connectivity index (χ0v) is 10.8. The van der Waals surface area contributed by atoms with Crippen LogP contribution in [-0.2, 0) is 9.59 Å². The highest BCUT2D eigenvalue weighted by Crippen LogP contribution is 2.30. The quantitative estimate of drug-likeness (QED) is 0.776.